The number of methoxy groups -OCH3 is 1. The monoisotopic (exact) mass is 437 g/mol. The molecule has 1 fully saturated rings. The maximum absolute atomic E-state index is 13.0. The van der Waals surface area contributed by atoms with Crippen LogP contribution in [-0.2, 0) is 19.6 Å². The number of carbonyl (C=O) groups is 2. The van der Waals surface area contributed by atoms with Crippen LogP contribution in [0.1, 0.15) is 35.5 Å². The maximum Gasteiger partial charge on any atom is 0.377 e. The van der Waals surface area contributed by atoms with Crippen molar-refractivity contribution in [1.82, 2.24) is 9.46 Å². The molecular weight excluding hydrogens is 414 g/mol. The van der Waals surface area contributed by atoms with Crippen LogP contribution < -0.4 is 10.1 Å². The third-order valence-electron chi connectivity index (χ3n) is 4.54. The van der Waals surface area contributed by atoms with Crippen LogP contribution in [-0.4, -0.2) is 56.6 Å². The molecule has 2 aromatic rings. The predicted molar refractivity (Wildman–Crippen MR) is 106 cm³/mol. The lowest BCUT2D eigenvalue weighted by Gasteiger charge is -2.26. The molecule has 1 aromatic carbocycles. The largest absolute Gasteiger partial charge is 0.495 e. The summed E-state index contributed by atoms with van der Waals surface area (Å²) < 4.78 is 42.3. The Morgan fingerprint density at radius 1 is 1.20 bits per heavy atom. The molecule has 0 bridgehead atoms. The summed E-state index contributed by atoms with van der Waals surface area (Å²) in [5.74, 6) is -1.38. The smallest absolute Gasteiger partial charge is 0.377 e. The molecule has 1 N–H and O–H groups in total. The second-order valence-electron chi connectivity index (χ2n) is 6.79. The topological polar surface area (TPSA) is 128 Å². The number of piperidine rings is 1. The number of rotatable bonds is 7. The average Bonchev–Trinajstić information content (AvgIpc) is 3.19. The standard InChI is InChI=1S/C19H23N3O7S/c1-13-10-16(29-21-13)19(24)28-12-18(23)20-14-6-7-15(27-2)17(11-14)30(25,26)22-8-4-3-5-9-22/h6-7,10-11H,3-5,8-9,12H2,1-2H3,(H,20,23). The summed E-state index contributed by atoms with van der Waals surface area (Å²) in [6.07, 6.45) is 2.59. The van der Waals surface area contributed by atoms with Crippen molar-refractivity contribution in [3.05, 3.63) is 35.7 Å². The van der Waals surface area contributed by atoms with Gasteiger partial charge in [0.15, 0.2) is 6.61 Å². The highest BCUT2D eigenvalue weighted by atomic mass is 32.2. The number of ether oxygens (including phenoxy) is 2. The van der Waals surface area contributed by atoms with Crippen LogP contribution in [0, 0.1) is 6.92 Å². The van der Waals surface area contributed by atoms with Crippen molar-refractivity contribution in [3.8, 4) is 5.75 Å². The minimum atomic E-state index is -3.77. The van der Waals surface area contributed by atoms with E-state index < -0.39 is 28.5 Å². The lowest BCUT2D eigenvalue weighted by molar-refractivity contribution is -0.119. The average molecular weight is 437 g/mol. The summed E-state index contributed by atoms with van der Waals surface area (Å²) in [6, 6.07) is 5.70. The van der Waals surface area contributed by atoms with E-state index in [1.54, 1.807) is 6.92 Å². The summed E-state index contributed by atoms with van der Waals surface area (Å²) in [7, 11) is -2.39. The Bertz CT molecular complexity index is 1030. The van der Waals surface area contributed by atoms with E-state index in [0.29, 0.717) is 18.8 Å². The van der Waals surface area contributed by atoms with Gasteiger partial charge in [-0.05, 0) is 38.0 Å². The highest BCUT2D eigenvalue weighted by Gasteiger charge is 2.29. The number of esters is 1. The fraction of sp³-hybridized carbons (Fsp3) is 0.421. The maximum atomic E-state index is 13.0. The number of benzene rings is 1. The summed E-state index contributed by atoms with van der Waals surface area (Å²) in [6.45, 7) is 1.96. The molecule has 1 aliphatic heterocycles. The van der Waals surface area contributed by atoms with E-state index in [0.717, 1.165) is 19.3 Å². The van der Waals surface area contributed by atoms with Gasteiger partial charge in [-0.3, -0.25) is 4.79 Å². The van der Waals surface area contributed by atoms with E-state index in [9.17, 15) is 18.0 Å². The lowest BCUT2D eigenvalue weighted by Crippen LogP contribution is -2.35. The first-order valence-electron chi connectivity index (χ1n) is 9.40. The second kappa shape index (κ2) is 9.26. The number of hydrogen-bond donors (Lipinski definition) is 1. The molecule has 1 saturated heterocycles. The molecule has 0 saturated carbocycles. The van der Waals surface area contributed by atoms with E-state index in [1.807, 2.05) is 0 Å². The van der Waals surface area contributed by atoms with E-state index in [1.165, 1.54) is 35.7 Å². The molecular formula is C19H23N3O7S. The Labute approximate surface area is 174 Å². The molecule has 10 nitrogen and oxygen atoms in total. The Hall–Kier alpha value is -2.92. The van der Waals surface area contributed by atoms with Gasteiger partial charge in [0.1, 0.15) is 10.6 Å². The normalized spacial score (nSPS) is 14.9. The minimum absolute atomic E-state index is 0.0289. The van der Waals surface area contributed by atoms with Crippen LogP contribution in [0.25, 0.3) is 0 Å². The molecule has 162 valence electrons. The van der Waals surface area contributed by atoms with Crippen molar-refractivity contribution in [2.45, 2.75) is 31.1 Å². The molecule has 1 amide bonds. The zero-order valence-electron chi connectivity index (χ0n) is 16.7. The zero-order chi connectivity index (χ0) is 21.7. The quantitative estimate of drug-likeness (QED) is 0.651. The number of nitrogens with zero attached hydrogens (tertiary/aromatic N) is 2. The third kappa shape index (κ3) is 4.97. The van der Waals surface area contributed by atoms with Crippen LogP contribution >= 0.6 is 0 Å². The Kier molecular flexibility index (Phi) is 6.73. The molecule has 30 heavy (non-hydrogen) atoms. The van der Waals surface area contributed by atoms with Gasteiger partial charge in [0.2, 0.25) is 15.8 Å². The first-order chi connectivity index (χ1) is 14.3. The van der Waals surface area contributed by atoms with Gasteiger partial charge in [-0.15, -0.1) is 0 Å². The van der Waals surface area contributed by atoms with Gasteiger partial charge in [0, 0.05) is 24.8 Å². The van der Waals surface area contributed by atoms with E-state index in [2.05, 4.69) is 10.5 Å². The highest BCUT2D eigenvalue weighted by Crippen LogP contribution is 2.31. The van der Waals surface area contributed by atoms with Gasteiger partial charge in [-0.25, -0.2) is 13.2 Å². The zero-order valence-corrected chi connectivity index (χ0v) is 17.5. The number of amides is 1. The van der Waals surface area contributed by atoms with Gasteiger partial charge in [0.25, 0.3) is 5.91 Å². The Balaban J connectivity index is 1.69. The minimum Gasteiger partial charge on any atom is -0.495 e. The third-order valence-corrected chi connectivity index (χ3v) is 6.46. The summed E-state index contributed by atoms with van der Waals surface area (Å²) >= 11 is 0. The molecule has 3 rings (SSSR count). The number of sulfonamides is 1. The number of anilines is 1. The highest BCUT2D eigenvalue weighted by molar-refractivity contribution is 7.89. The van der Waals surface area contributed by atoms with E-state index in [4.69, 9.17) is 14.0 Å². The molecule has 11 heteroatoms. The van der Waals surface area contributed by atoms with Crippen molar-refractivity contribution < 1.29 is 32.0 Å². The number of aromatic nitrogens is 1. The van der Waals surface area contributed by atoms with Crippen molar-refractivity contribution >= 4 is 27.6 Å². The van der Waals surface area contributed by atoms with Crippen molar-refractivity contribution in [2.24, 2.45) is 0 Å². The molecule has 0 aliphatic carbocycles. The predicted octanol–water partition coefficient (Wildman–Crippen LogP) is 1.96. The number of hydrogen-bond acceptors (Lipinski definition) is 8. The second-order valence-corrected chi connectivity index (χ2v) is 8.69. The molecule has 1 aliphatic rings. The van der Waals surface area contributed by atoms with Gasteiger partial charge in [-0.1, -0.05) is 11.6 Å². The van der Waals surface area contributed by atoms with Crippen LogP contribution in [0.5, 0.6) is 5.75 Å². The van der Waals surface area contributed by atoms with Crippen LogP contribution in [0.3, 0.4) is 0 Å². The fourth-order valence-corrected chi connectivity index (χ4v) is 4.76. The van der Waals surface area contributed by atoms with Crippen LogP contribution in [0.4, 0.5) is 5.69 Å². The molecule has 0 unspecified atom stereocenters. The Morgan fingerprint density at radius 2 is 1.93 bits per heavy atom. The van der Waals surface area contributed by atoms with E-state index >= 15 is 0 Å². The molecule has 0 atom stereocenters. The first-order valence-corrected chi connectivity index (χ1v) is 10.8. The van der Waals surface area contributed by atoms with Crippen molar-refractivity contribution in [1.29, 1.82) is 0 Å². The SMILES string of the molecule is COc1ccc(NC(=O)COC(=O)c2cc(C)no2)cc1S(=O)(=O)N1CCCCC1. The van der Waals surface area contributed by atoms with Crippen LogP contribution in [0.2, 0.25) is 0 Å². The van der Waals surface area contributed by atoms with E-state index in [-0.39, 0.29) is 22.1 Å². The van der Waals surface area contributed by atoms with Gasteiger partial charge < -0.3 is 19.3 Å². The van der Waals surface area contributed by atoms with Gasteiger partial charge >= 0.3 is 5.97 Å². The number of carbonyl (C=O) groups excluding carboxylic acids is 2. The molecule has 0 radical (unpaired) electrons. The number of nitrogens with one attached hydrogen (secondary N) is 1. The first kappa shape index (κ1) is 21.8. The fourth-order valence-electron chi connectivity index (χ4n) is 3.06. The lowest BCUT2D eigenvalue weighted by atomic mass is 10.2. The summed E-state index contributed by atoms with van der Waals surface area (Å²) in [4.78, 5) is 23.9. The molecule has 0 spiro atoms. The number of aryl methyl sites for hydroxylation is 1. The van der Waals surface area contributed by atoms with Crippen LogP contribution in [0.15, 0.2) is 33.7 Å². The van der Waals surface area contributed by atoms with Crippen molar-refractivity contribution in [2.75, 3.05) is 32.1 Å². The molecule has 2 heterocycles. The Morgan fingerprint density at radius 3 is 2.57 bits per heavy atom. The summed E-state index contributed by atoms with van der Waals surface area (Å²) in [5, 5.41) is 6.09. The van der Waals surface area contributed by atoms with Gasteiger partial charge in [0.05, 0.1) is 12.8 Å². The van der Waals surface area contributed by atoms with Crippen molar-refractivity contribution in [3.63, 3.8) is 0 Å². The summed E-state index contributed by atoms with van der Waals surface area (Å²) in [5.41, 5.74) is 0.745. The molecule has 1 aromatic heterocycles. The van der Waals surface area contributed by atoms with Gasteiger partial charge in [-0.2, -0.15) is 4.31 Å².